The Bertz CT molecular complexity index is 211. The fourth-order valence-corrected chi connectivity index (χ4v) is 3.95. The monoisotopic (exact) mass is 208 g/mol. The molecule has 0 amide bonds. The van der Waals surface area contributed by atoms with Crippen molar-refractivity contribution in [2.24, 2.45) is 0 Å². The molecule has 1 saturated carbocycles. The van der Waals surface area contributed by atoms with E-state index in [4.69, 9.17) is 0 Å². The molecule has 2 heterocycles. The highest BCUT2D eigenvalue weighted by Crippen LogP contribution is 2.41. The molecule has 2 bridgehead atoms. The van der Waals surface area contributed by atoms with Crippen molar-refractivity contribution in [2.45, 2.75) is 76.0 Å². The minimum atomic E-state index is 0.823. The topological polar surface area (TPSA) is 15.3 Å². The molecule has 3 aliphatic rings. The zero-order valence-electron chi connectivity index (χ0n) is 9.91. The zero-order valence-corrected chi connectivity index (χ0v) is 9.91. The molecule has 1 aliphatic carbocycles. The average molecular weight is 208 g/mol. The first kappa shape index (κ1) is 10.1. The normalized spacial score (nSPS) is 41.8. The summed E-state index contributed by atoms with van der Waals surface area (Å²) in [5.74, 6) is 0. The Kier molecular flexibility index (Phi) is 2.73. The molecular formula is C13H24N2. The molecule has 2 unspecified atom stereocenters. The van der Waals surface area contributed by atoms with E-state index in [0.29, 0.717) is 0 Å². The summed E-state index contributed by atoms with van der Waals surface area (Å²) >= 11 is 0. The molecule has 2 atom stereocenters. The van der Waals surface area contributed by atoms with Gasteiger partial charge in [-0.2, -0.15) is 0 Å². The first-order chi connectivity index (χ1) is 7.38. The third-order valence-electron chi connectivity index (χ3n) is 4.78. The number of nitrogens with zero attached hydrogens (tertiary/aromatic N) is 1. The molecule has 2 heteroatoms. The third-order valence-corrected chi connectivity index (χ3v) is 4.78. The van der Waals surface area contributed by atoms with Gasteiger partial charge in [-0.15, -0.1) is 0 Å². The van der Waals surface area contributed by atoms with Crippen molar-refractivity contribution in [3.63, 3.8) is 0 Å². The lowest BCUT2D eigenvalue weighted by atomic mass is 9.86. The van der Waals surface area contributed by atoms with Gasteiger partial charge in [0.05, 0.1) is 0 Å². The summed E-state index contributed by atoms with van der Waals surface area (Å²) in [7, 11) is 0. The Morgan fingerprint density at radius 3 is 2.13 bits per heavy atom. The molecule has 0 aromatic heterocycles. The second-order valence-corrected chi connectivity index (χ2v) is 5.64. The molecule has 0 spiro atoms. The Balaban J connectivity index is 1.64. The van der Waals surface area contributed by atoms with Crippen molar-refractivity contribution in [1.29, 1.82) is 0 Å². The van der Waals surface area contributed by atoms with Crippen LogP contribution in [0.2, 0.25) is 0 Å². The number of nitrogens with one attached hydrogen (secondary N) is 1. The summed E-state index contributed by atoms with van der Waals surface area (Å²) in [5, 5.41) is 3.65. The largest absolute Gasteiger partial charge is 0.314 e. The van der Waals surface area contributed by atoms with Gasteiger partial charge in [0.15, 0.2) is 0 Å². The highest BCUT2D eigenvalue weighted by atomic mass is 15.3. The Labute approximate surface area is 93.4 Å². The Hall–Kier alpha value is -0.0800. The van der Waals surface area contributed by atoms with E-state index in [2.05, 4.69) is 17.1 Å². The molecule has 2 nitrogen and oxygen atoms in total. The van der Waals surface area contributed by atoms with E-state index >= 15 is 0 Å². The summed E-state index contributed by atoms with van der Waals surface area (Å²) in [6, 6.07) is 3.66. The quantitative estimate of drug-likeness (QED) is 0.764. The summed E-state index contributed by atoms with van der Waals surface area (Å²) in [5.41, 5.74) is 0. The van der Waals surface area contributed by atoms with Gasteiger partial charge in [-0.1, -0.05) is 13.3 Å². The summed E-state index contributed by atoms with van der Waals surface area (Å²) in [4.78, 5) is 2.90. The minimum Gasteiger partial charge on any atom is -0.314 e. The summed E-state index contributed by atoms with van der Waals surface area (Å²) in [6.45, 7) is 3.38. The van der Waals surface area contributed by atoms with E-state index in [1.54, 1.807) is 0 Å². The molecule has 3 fully saturated rings. The van der Waals surface area contributed by atoms with Crippen LogP contribution in [0.3, 0.4) is 0 Å². The van der Waals surface area contributed by atoms with Crippen molar-refractivity contribution in [3.05, 3.63) is 0 Å². The maximum Gasteiger partial charge on any atom is 0.0116 e. The number of rotatable bonds is 3. The zero-order chi connectivity index (χ0) is 10.3. The van der Waals surface area contributed by atoms with Crippen molar-refractivity contribution < 1.29 is 0 Å². The van der Waals surface area contributed by atoms with Gasteiger partial charge >= 0.3 is 0 Å². The van der Waals surface area contributed by atoms with Crippen LogP contribution in [0.4, 0.5) is 0 Å². The Morgan fingerprint density at radius 1 is 1.00 bits per heavy atom. The van der Waals surface area contributed by atoms with Gasteiger partial charge in [-0.3, -0.25) is 4.90 Å². The second-order valence-electron chi connectivity index (χ2n) is 5.64. The molecular weight excluding hydrogens is 184 g/mol. The molecule has 0 aromatic rings. The van der Waals surface area contributed by atoms with Crippen molar-refractivity contribution in [1.82, 2.24) is 10.2 Å². The predicted octanol–water partition coefficient (Wildman–Crippen LogP) is 2.14. The van der Waals surface area contributed by atoms with Crippen LogP contribution in [0.5, 0.6) is 0 Å². The first-order valence-corrected chi connectivity index (χ1v) is 6.89. The van der Waals surface area contributed by atoms with Crippen LogP contribution in [0, 0.1) is 0 Å². The molecule has 2 saturated heterocycles. The molecule has 86 valence electrons. The second kappa shape index (κ2) is 4.06. The smallest absolute Gasteiger partial charge is 0.0116 e. The van der Waals surface area contributed by atoms with Gasteiger partial charge in [0.1, 0.15) is 0 Å². The number of fused-ring (bicyclic) bond motifs is 2. The molecule has 2 aliphatic heterocycles. The van der Waals surface area contributed by atoms with Crippen LogP contribution in [0.1, 0.15) is 51.9 Å². The third kappa shape index (κ3) is 1.72. The van der Waals surface area contributed by atoms with E-state index < -0.39 is 0 Å². The maximum atomic E-state index is 3.65. The molecule has 0 radical (unpaired) electrons. The van der Waals surface area contributed by atoms with E-state index in [0.717, 1.165) is 30.7 Å². The molecule has 0 aromatic carbocycles. The lowest BCUT2D eigenvalue weighted by Crippen LogP contribution is -2.54. The standard InChI is InChI=1S/C13H24N2/c1-2-14-10-8-12-6-7-13(9-10)15(12)11-4-3-5-11/h10-14H,2-9H2,1H3. The van der Waals surface area contributed by atoms with Gasteiger partial charge in [0, 0.05) is 24.2 Å². The lowest BCUT2D eigenvalue weighted by molar-refractivity contribution is 0.0330. The van der Waals surface area contributed by atoms with Crippen molar-refractivity contribution in [3.8, 4) is 0 Å². The van der Waals surface area contributed by atoms with E-state index in [9.17, 15) is 0 Å². The fraction of sp³-hybridized carbons (Fsp3) is 1.00. The molecule has 15 heavy (non-hydrogen) atoms. The maximum absolute atomic E-state index is 3.65. The Morgan fingerprint density at radius 2 is 1.67 bits per heavy atom. The van der Waals surface area contributed by atoms with Gasteiger partial charge in [0.25, 0.3) is 0 Å². The number of hydrogen-bond donors (Lipinski definition) is 1. The van der Waals surface area contributed by atoms with E-state index in [-0.39, 0.29) is 0 Å². The molecule has 3 rings (SSSR count). The summed E-state index contributed by atoms with van der Waals surface area (Å²) in [6.07, 6.45) is 10.2. The predicted molar refractivity (Wildman–Crippen MR) is 63.0 cm³/mol. The van der Waals surface area contributed by atoms with E-state index in [1.165, 1.54) is 44.9 Å². The van der Waals surface area contributed by atoms with E-state index in [1.807, 2.05) is 0 Å². The molecule has 1 N–H and O–H groups in total. The van der Waals surface area contributed by atoms with Gasteiger partial charge in [-0.05, 0) is 45.1 Å². The highest BCUT2D eigenvalue weighted by Gasteiger charge is 2.44. The average Bonchev–Trinajstić information content (AvgIpc) is 2.42. The minimum absolute atomic E-state index is 0.823. The number of piperidine rings is 1. The van der Waals surface area contributed by atoms with Crippen molar-refractivity contribution in [2.75, 3.05) is 6.54 Å². The van der Waals surface area contributed by atoms with Gasteiger partial charge < -0.3 is 5.32 Å². The highest BCUT2D eigenvalue weighted by molar-refractivity contribution is 5.01. The van der Waals surface area contributed by atoms with Gasteiger partial charge in [-0.25, -0.2) is 0 Å². The first-order valence-electron chi connectivity index (χ1n) is 6.89. The fourth-order valence-electron chi connectivity index (χ4n) is 3.95. The van der Waals surface area contributed by atoms with Crippen LogP contribution in [-0.4, -0.2) is 35.6 Å². The van der Waals surface area contributed by atoms with Crippen LogP contribution in [0.15, 0.2) is 0 Å². The lowest BCUT2D eigenvalue weighted by Gasteiger charge is -2.47. The summed E-state index contributed by atoms with van der Waals surface area (Å²) < 4.78 is 0. The number of hydrogen-bond acceptors (Lipinski definition) is 2. The van der Waals surface area contributed by atoms with Crippen LogP contribution in [-0.2, 0) is 0 Å². The van der Waals surface area contributed by atoms with Gasteiger partial charge in [0.2, 0.25) is 0 Å². The van der Waals surface area contributed by atoms with Crippen LogP contribution >= 0.6 is 0 Å². The van der Waals surface area contributed by atoms with Crippen molar-refractivity contribution >= 4 is 0 Å². The SMILES string of the molecule is CCNC1CC2CCC(C1)N2C1CCC1. The van der Waals surface area contributed by atoms with Crippen LogP contribution in [0.25, 0.3) is 0 Å². The van der Waals surface area contributed by atoms with Crippen LogP contribution < -0.4 is 5.32 Å².